The summed E-state index contributed by atoms with van der Waals surface area (Å²) in [7, 11) is -1.21. The van der Waals surface area contributed by atoms with Crippen molar-refractivity contribution < 1.29 is 80.6 Å². The van der Waals surface area contributed by atoms with Crippen LogP contribution in [-0.4, -0.2) is 159 Å². The van der Waals surface area contributed by atoms with Crippen LogP contribution in [0.5, 0.6) is 0 Å². The molecule has 20 nitrogen and oxygen atoms in total. The Morgan fingerprint density at radius 2 is 1.06 bits per heavy atom. The maximum absolute atomic E-state index is 14.1. The van der Waals surface area contributed by atoms with E-state index in [1.807, 2.05) is 0 Å². The normalized spacial score (nSPS) is 21.3. The Hall–Kier alpha value is -2.50. The number of halogens is 3. The minimum absolute atomic E-state index is 0.0988. The number of methoxy groups -OCH3 is 2. The first-order chi connectivity index (χ1) is 48.9. The van der Waals surface area contributed by atoms with E-state index in [4.69, 9.17) is 91.7 Å². The highest BCUT2D eigenvalue weighted by molar-refractivity contribution is 7.48. The lowest BCUT2D eigenvalue weighted by Gasteiger charge is -2.46. The van der Waals surface area contributed by atoms with E-state index in [-0.39, 0.29) is 57.1 Å². The summed E-state index contributed by atoms with van der Waals surface area (Å²) in [6.45, 7) is 17.7. The molecule has 0 aromatic carbocycles. The molecular formula is C77H139Cl3N3O17P. The van der Waals surface area contributed by atoms with Gasteiger partial charge in [-0.15, -0.1) is 13.2 Å². The molecule has 2 fully saturated rings. The molecule has 0 aromatic heterocycles. The number of phosphoric ester groups is 1. The monoisotopic (exact) mass is 1510 g/mol. The summed E-state index contributed by atoms with van der Waals surface area (Å²) in [5.74, 6) is -1.59. The highest BCUT2D eigenvalue weighted by Crippen LogP contribution is 2.53. The summed E-state index contributed by atoms with van der Waals surface area (Å²) in [5.41, 5.74) is 0. The van der Waals surface area contributed by atoms with Gasteiger partial charge < -0.3 is 58.7 Å². The maximum atomic E-state index is 14.1. The van der Waals surface area contributed by atoms with E-state index in [9.17, 15) is 29.2 Å². The fraction of sp³-hybridized carbons (Fsp3) is 0.844. The molecule has 101 heavy (non-hydrogen) atoms. The van der Waals surface area contributed by atoms with Crippen LogP contribution in [0.2, 0.25) is 0 Å². The number of hydrogen-bond acceptors (Lipinski definition) is 18. The average Bonchev–Trinajstić information content (AvgIpc) is 0.793. The number of nitrogens with one attached hydrogen (secondary N) is 3. The zero-order valence-corrected chi connectivity index (χ0v) is 66.5. The minimum atomic E-state index is -4.33. The van der Waals surface area contributed by atoms with Crippen molar-refractivity contribution in [1.82, 2.24) is 10.6 Å². The van der Waals surface area contributed by atoms with Crippen LogP contribution in [0.3, 0.4) is 0 Å². The van der Waals surface area contributed by atoms with E-state index in [2.05, 4.69) is 63.6 Å². The van der Waals surface area contributed by atoms with Crippen LogP contribution in [0.1, 0.15) is 291 Å². The van der Waals surface area contributed by atoms with Gasteiger partial charge in [0.2, 0.25) is 30.3 Å². The summed E-state index contributed by atoms with van der Waals surface area (Å²) < 4.78 is 76.6. The summed E-state index contributed by atoms with van der Waals surface area (Å²) in [6, 6.07) is -1.97. The molecular weight excluding hydrogens is 1380 g/mol. The molecule has 0 bridgehead atoms. The van der Waals surface area contributed by atoms with Gasteiger partial charge >= 0.3 is 7.82 Å². The van der Waals surface area contributed by atoms with E-state index < -0.39 is 91.3 Å². The van der Waals surface area contributed by atoms with Crippen LogP contribution in [-0.2, 0) is 70.4 Å². The van der Waals surface area contributed by atoms with Crippen molar-refractivity contribution in [1.29, 1.82) is 5.41 Å². The van der Waals surface area contributed by atoms with Crippen molar-refractivity contribution in [2.75, 3.05) is 53.9 Å². The molecule has 0 spiro atoms. The fourth-order valence-corrected chi connectivity index (χ4v) is 13.5. The molecule has 2 heterocycles. The van der Waals surface area contributed by atoms with Crippen LogP contribution in [0.4, 0.5) is 0 Å². The second-order valence-electron chi connectivity index (χ2n) is 26.8. The Kier molecular flexibility index (Phi) is 60.8. The summed E-state index contributed by atoms with van der Waals surface area (Å²) >= 11 is 18.1. The molecule has 0 aromatic rings. The number of ketones is 1. The first kappa shape index (κ1) is 96.5. The summed E-state index contributed by atoms with van der Waals surface area (Å²) in [5, 5.41) is 34.9. The third-order valence-corrected chi connectivity index (χ3v) is 19.8. The third kappa shape index (κ3) is 47.0. The predicted molar refractivity (Wildman–Crippen MR) is 408 cm³/mol. The number of amides is 2. The van der Waals surface area contributed by atoms with Crippen LogP contribution < -0.4 is 10.6 Å². The topological polar surface area (TPSA) is 258 Å². The average molecular weight is 1520 g/mol. The summed E-state index contributed by atoms with van der Waals surface area (Å²) in [4.78, 5) is 39.1. The van der Waals surface area contributed by atoms with Crippen LogP contribution in [0, 0.1) is 5.41 Å². The molecule has 0 saturated carbocycles. The Morgan fingerprint density at radius 3 is 1.56 bits per heavy atom. The van der Waals surface area contributed by atoms with Gasteiger partial charge in [-0.25, -0.2) is 4.57 Å². The van der Waals surface area contributed by atoms with E-state index in [0.29, 0.717) is 25.9 Å². The number of phosphoric acid groups is 1. The Labute approximate surface area is 625 Å². The van der Waals surface area contributed by atoms with Crippen LogP contribution >= 0.6 is 42.6 Å². The highest BCUT2D eigenvalue weighted by Gasteiger charge is 2.53. The van der Waals surface area contributed by atoms with Crippen molar-refractivity contribution >= 4 is 66.1 Å². The molecule has 2 aliphatic rings. The molecule has 2 saturated heterocycles. The van der Waals surface area contributed by atoms with E-state index in [1.54, 1.807) is 20.1 Å². The fourth-order valence-electron chi connectivity index (χ4n) is 12.1. The number of ether oxygens (including phenoxy) is 8. The Morgan fingerprint density at radius 1 is 0.594 bits per heavy atom. The third-order valence-electron chi connectivity index (χ3n) is 17.9. The second-order valence-corrected chi connectivity index (χ2v) is 30.7. The van der Waals surface area contributed by atoms with Crippen LogP contribution in [0.25, 0.3) is 0 Å². The number of aliphatic hydroxyl groups is 2. The van der Waals surface area contributed by atoms with E-state index in [0.717, 1.165) is 103 Å². The zero-order chi connectivity index (χ0) is 74.6. The molecule has 590 valence electrons. The molecule has 0 aliphatic carbocycles. The van der Waals surface area contributed by atoms with Gasteiger partial charge in [0.1, 0.15) is 54.5 Å². The van der Waals surface area contributed by atoms with Gasteiger partial charge in [0.15, 0.2) is 0 Å². The van der Waals surface area contributed by atoms with Gasteiger partial charge in [-0.2, -0.15) is 0 Å². The molecule has 2 aliphatic heterocycles. The van der Waals surface area contributed by atoms with Gasteiger partial charge in [-0.3, -0.25) is 33.4 Å². The molecule has 24 heteroatoms. The first-order valence-electron chi connectivity index (χ1n) is 38.9. The number of unbranched alkanes of at least 4 members (excludes halogenated alkanes) is 30. The number of allylic oxidation sites excluding steroid dienone is 3. The first-order valence-corrected chi connectivity index (χ1v) is 41.4. The standard InChI is InChI=1S/C44H78Cl3N2O10P.C33H61NO7/c1-7-11-13-15-16-17-18-19-20-21-22-23-24-26-28-30-38(50)49-39-41(54-34-31-36(53-6)29-27-25-14-12-8-2)40(59-60(51,55-32-9-3)56-33-10-4)37(35-52-5)57-42(39)58-43(48)44(45,46)47;1-4-7-9-11-13-15-16-18-20-22-27(36)25-29(37)34-30-32(39-24-21-19-17-14-12-10-8-5-2)31(38)28(26-35)41-33(30)40-23-6-3/h9-10,17-18,36-37,39-42,48H,3-4,7-8,11-16,19-35H2,1-2,5-6H3,(H,49,50);6,23,28,30-33,35,38H,4-5,7-22,24-26H2,1-3H3,(H,34,37)/b18-17-,48-43?;23-6-/t36-,37-,39-,40-,41-,42?;28-,30-,31-,32-,33+/m11/s1. The number of rotatable bonds is 64. The Balaban J connectivity index is 0.00000108. The van der Waals surface area contributed by atoms with Crippen molar-refractivity contribution in [2.45, 2.75) is 363 Å². The van der Waals surface area contributed by atoms with E-state index in [1.165, 1.54) is 148 Å². The van der Waals surface area contributed by atoms with Crippen molar-refractivity contribution in [3.05, 3.63) is 49.8 Å². The van der Waals surface area contributed by atoms with Crippen molar-refractivity contribution in [3.63, 3.8) is 0 Å². The number of alkyl halides is 3. The van der Waals surface area contributed by atoms with E-state index >= 15 is 0 Å². The van der Waals surface area contributed by atoms with Gasteiger partial charge in [-0.1, -0.05) is 273 Å². The lowest BCUT2D eigenvalue weighted by Crippen LogP contribution is -2.66. The number of carbonyl (C=O) groups is 3. The largest absolute Gasteiger partial charge is 0.475 e. The minimum Gasteiger partial charge on any atom is -0.471 e. The Bertz CT molecular complexity index is 2190. The molecule has 5 N–H and O–H groups in total. The quantitative estimate of drug-likeness (QED) is 0.00554. The van der Waals surface area contributed by atoms with Gasteiger partial charge in [0.05, 0.1) is 45.2 Å². The second kappa shape index (κ2) is 63.6. The molecule has 2 rings (SSSR count). The molecule has 0 radical (unpaired) electrons. The van der Waals surface area contributed by atoms with Gasteiger partial charge in [-0.05, 0) is 64.7 Å². The number of carbonyl (C=O) groups excluding carboxylic acids is 3. The predicted octanol–water partition coefficient (Wildman–Crippen LogP) is 18.8. The summed E-state index contributed by atoms with van der Waals surface area (Å²) in [6.07, 6.45) is 43.6. The van der Waals surface area contributed by atoms with Crippen molar-refractivity contribution in [3.8, 4) is 0 Å². The highest BCUT2D eigenvalue weighted by atomic mass is 35.6. The number of aliphatic hydroxyl groups excluding tert-OH is 2. The van der Waals surface area contributed by atoms with Gasteiger partial charge in [0, 0.05) is 40.3 Å². The SMILES string of the molecule is C/C=C\O[C@H]1O[C@H](CO)[C@@H](O)[C@H](OCCCCCCCCCC)[C@H]1NC(=O)CC(=O)CCCCCCCCCCC.C=CCOP(=O)(OCC=C)O[C@H]1[C@H](OCC[C@@H](CCCCCCC)OC)[C@@H](NC(=O)CCCCCCCCC/C=C\CCCCCC)C(OC(=N)C(Cl)(Cl)Cl)O[C@@H]1COC. The molecule has 2 amide bonds. The lowest BCUT2D eigenvalue weighted by molar-refractivity contribution is -0.263. The maximum Gasteiger partial charge on any atom is 0.475 e. The smallest absolute Gasteiger partial charge is 0.471 e. The zero-order valence-electron chi connectivity index (χ0n) is 63.4. The lowest BCUT2D eigenvalue weighted by atomic mass is 9.96. The van der Waals surface area contributed by atoms with Gasteiger partial charge in [0.25, 0.3) is 3.79 Å². The number of Topliss-reactive ketones (excluding diaryl/α,β-unsaturated/α-hetero) is 1. The van der Waals surface area contributed by atoms with Crippen molar-refractivity contribution in [2.24, 2.45) is 0 Å². The molecule has 11 atom stereocenters. The molecule has 1 unspecified atom stereocenters. The van der Waals surface area contributed by atoms with Crippen LogP contribution in [0.15, 0.2) is 49.8 Å². The number of hydrogen-bond donors (Lipinski definition) is 5.